The van der Waals surface area contributed by atoms with E-state index >= 15 is 0 Å². The highest BCUT2D eigenvalue weighted by molar-refractivity contribution is 5.97. The summed E-state index contributed by atoms with van der Waals surface area (Å²) in [5.41, 5.74) is 4.94. The second-order valence-electron chi connectivity index (χ2n) is 8.65. The predicted molar refractivity (Wildman–Crippen MR) is 126 cm³/mol. The highest BCUT2D eigenvalue weighted by Crippen LogP contribution is 2.24. The molecule has 0 fully saturated rings. The molecule has 0 amide bonds. The van der Waals surface area contributed by atoms with Crippen LogP contribution in [0.4, 0.5) is 0 Å². The Hall–Kier alpha value is -4.22. The number of Topliss-reactive ketones (excluding diaryl/α,β-unsaturated/α-hetero) is 1. The van der Waals surface area contributed by atoms with Gasteiger partial charge in [0, 0.05) is 36.1 Å². The molecule has 0 saturated heterocycles. The highest BCUT2D eigenvalue weighted by atomic mass is 16.3. The minimum atomic E-state index is -0.675. The van der Waals surface area contributed by atoms with Gasteiger partial charge in [0.15, 0.2) is 5.78 Å². The molecular formula is C26H24N6O2. The molecule has 0 aliphatic rings. The Morgan fingerprint density at radius 1 is 1.15 bits per heavy atom. The number of aliphatic hydroxyl groups excluding tert-OH is 1. The van der Waals surface area contributed by atoms with E-state index in [0.29, 0.717) is 16.8 Å². The molecule has 34 heavy (non-hydrogen) atoms. The van der Waals surface area contributed by atoms with Gasteiger partial charge in [0.25, 0.3) is 0 Å². The number of nitriles is 1. The van der Waals surface area contributed by atoms with Crippen molar-refractivity contribution in [2.45, 2.75) is 39.2 Å². The summed E-state index contributed by atoms with van der Waals surface area (Å²) < 4.78 is 1.62. The molecule has 0 unspecified atom stereocenters. The Morgan fingerprint density at radius 3 is 2.74 bits per heavy atom. The molecule has 8 heteroatoms. The van der Waals surface area contributed by atoms with Crippen LogP contribution in [0.1, 0.15) is 46.6 Å². The van der Waals surface area contributed by atoms with Crippen molar-refractivity contribution in [3.63, 3.8) is 0 Å². The number of rotatable bonds is 7. The zero-order chi connectivity index (χ0) is 24.3. The van der Waals surface area contributed by atoms with Crippen LogP contribution in [-0.2, 0) is 18.4 Å². The summed E-state index contributed by atoms with van der Waals surface area (Å²) in [4.78, 5) is 21.6. The van der Waals surface area contributed by atoms with E-state index < -0.39 is 5.41 Å². The van der Waals surface area contributed by atoms with Gasteiger partial charge in [-0.2, -0.15) is 5.26 Å². The van der Waals surface area contributed by atoms with E-state index in [2.05, 4.69) is 26.3 Å². The third kappa shape index (κ3) is 4.75. The Morgan fingerprint density at radius 2 is 1.97 bits per heavy atom. The fraction of sp³-hybridized carbons (Fsp3) is 0.231. The van der Waals surface area contributed by atoms with Crippen LogP contribution in [0.5, 0.6) is 0 Å². The smallest absolute Gasteiger partial charge is 0.167 e. The van der Waals surface area contributed by atoms with Crippen molar-refractivity contribution < 1.29 is 9.90 Å². The van der Waals surface area contributed by atoms with Crippen molar-refractivity contribution >= 4 is 5.78 Å². The first-order valence-corrected chi connectivity index (χ1v) is 10.8. The van der Waals surface area contributed by atoms with Crippen LogP contribution in [0.15, 0.2) is 61.2 Å². The summed E-state index contributed by atoms with van der Waals surface area (Å²) in [6, 6.07) is 13.2. The Bertz CT molecular complexity index is 1400. The summed E-state index contributed by atoms with van der Waals surface area (Å²) in [6.07, 6.45) is 6.88. The van der Waals surface area contributed by atoms with Crippen LogP contribution in [0, 0.1) is 18.3 Å². The topological polar surface area (TPSA) is 118 Å². The molecule has 8 nitrogen and oxygen atoms in total. The van der Waals surface area contributed by atoms with Crippen LogP contribution in [0.25, 0.3) is 16.9 Å². The Kier molecular flexibility index (Phi) is 6.30. The van der Waals surface area contributed by atoms with E-state index in [1.54, 1.807) is 47.7 Å². The van der Waals surface area contributed by atoms with Crippen molar-refractivity contribution in [3.8, 4) is 23.0 Å². The van der Waals surface area contributed by atoms with Gasteiger partial charge in [0.2, 0.25) is 0 Å². The van der Waals surface area contributed by atoms with Crippen LogP contribution in [0.2, 0.25) is 0 Å². The van der Waals surface area contributed by atoms with Crippen LogP contribution in [0.3, 0.4) is 0 Å². The van der Waals surface area contributed by atoms with E-state index in [1.165, 1.54) is 0 Å². The number of ketones is 1. The lowest BCUT2D eigenvalue weighted by atomic mass is 9.85. The first-order chi connectivity index (χ1) is 16.3. The van der Waals surface area contributed by atoms with E-state index in [1.807, 2.05) is 39.0 Å². The molecular weight excluding hydrogens is 428 g/mol. The summed E-state index contributed by atoms with van der Waals surface area (Å²) >= 11 is 0. The van der Waals surface area contributed by atoms with E-state index in [9.17, 15) is 15.2 Å². The summed E-state index contributed by atoms with van der Waals surface area (Å²) in [5.74, 6) is -0.0571. The maximum Gasteiger partial charge on any atom is 0.167 e. The maximum absolute atomic E-state index is 13.0. The molecule has 0 radical (unpaired) electrons. The summed E-state index contributed by atoms with van der Waals surface area (Å²) in [7, 11) is 0. The average Bonchev–Trinajstić information content (AvgIpc) is 3.35. The number of carbonyl (C=O) groups is 1. The van der Waals surface area contributed by atoms with Crippen molar-refractivity contribution in [2.24, 2.45) is 0 Å². The molecule has 170 valence electrons. The number of aryl methyl sites for hydroxylation is 1. The number of nitrogens with zero attached hydrogens (tertiary/aromatic N) is 6. The summed E-state index contributed by atoms with van der Waals surface area (Å²) in [6.45, 7) is 5.42. The molecule has 1 aromatic carbocycles. The minimum absolute atomic E-state index is 0.0571. The molecule has 0 atom stereocenters. The van der Waals surface area contributed by atoms with Gasteiger partial charge in [-0.1, -0.05) is 23.4 Å². The largest absolute Gasteiger partial charge is 0.392 e. The van der Waals surface area contributed by atoms with Gasteiger partial charge in [-0.15, -0.1) is 5.10 Å². The van der Waals surface area contributed by atoms with Gasteiger partial charge in [0.1, 0.15) is 5.69 Å². The van der Waals surface area contributed by atoms with E-state index in [4.69, 9.17) is 0 Å². The van der Waals surface area contributed by atoms with Gasteiger partial charge in [0.05, 0.1) is 35.7 Å². The fourth-order valence-corrected chi connectivity index (χ4v) is 3.55. The van der Waals surface area contributed by atoms with Crippen LogP contribution in [-0.4, -0.2) is 35.9 Å². The molecule has 3 aromatic heterocycles. The SMILES string of the molecule is Cc1ncc(CC(=O)c2cccc(C(C)(C)C#N)c2)cc1-n1cc(-c2cncc(CO)c2)nn1. The van der Waals surface area contributed by atoms with Crippen LogP contribution < -0.4 is 0 Å². The predicted octanol–water partition coefficient (Wildman–Crippen LogP) is 3.75. The number of carbonyl (C=O) groups excluding carboxylic acids is 1. The van der Waals surface area contributed by atoms with E-state index in [0.717, 1.165) is 28.1 Å². The third-order valence-electron chi connectivity index (χ3n) is 5.68. The van der Waals surface area contributed by atoms with Gasteiger partial charge in [-0.25, -0.2) is 4.68 Å². The molecule has 0 saturated carbocycles. The number of hydrogen-bond donors (Lipinski definition) is 1. The molecule has 4 aromatic rings. The number of aromatic nitrogens is 5. The molecule has 0 bridgehead atoms. The van der Waals surface area contributed by atoms with Crippen molar-refractivity contribution in [1.29, 1.82) is 5.26 Å². The van der Waals surface area contributed by atoms with Crippen molar-refractivity contribution in [2.75, 3.05) is 0 Å². The first-order valence-electron chi connectivity index (χ1n) is 10.8. The van der Waals surface area contributed by atoms with Gasteiger partial charge >= 0.3 is 0 Å². The highest BCUT2D eigenvalue weighted by Gasteiger charge is 2.21. The zero-order valence-corrected chi connectivity index (χ0v) is 19.2. The van der Waals surface area contributed by atoms with Gasteiger partial charge < -0.3 is 5.11 Å². The molecule has 0 aliphatic heterocycles. The number of aliphatic hydroxyl groups is 1. The molecule has 0 aliphatic carbocycles. The maximum atomic E-state index is 13.0. The normalized spacial score (nSPS) is 11.3. The number of pyridine rings is 2. The second-order valence-corrected chi connectivity index (χ2v) is 8.65. The molecule has 4 rings (SSSR count). The van der Waals surface area contributed by atoms with Crippen LogP contribution >= 0.6 is 0 Å². The van der Waals surface area contributed by atoms with Gasteiger partial charge in [-0.3, -0.25) is 14.8 Å². The molecule has 1 N–H and O–H groups in total. The lowest BCUT2D eigenvalue weighted by Crippen LogP contribution is -2.15. The quantitative estimate of drug-likeness (QED) is 0.424. The number of hydrogen-bond acceptors (Lipinski definition) is 7. The second kappa shape index (κ2) is 9.33. The molecule has 0 spiro atoms. The Labute approximate surface area is 197 Å². The fourth-order valence-electron chi connectivity index (χ4n) is 3.55. The summed E-state index contributed by atoms with van der Waals surface area (Å²) in [5, 5.41) is 27.2. The standard InChI is InChI=1S/C26H24N6O2/c1-17-24(32-14-23(30-31-32)21-7-19(15-33)11-28-13-21)8-18(12-29-17)9-25(34)20-5-4-6-22(10-20)26(2,3)16-27/h4-8,10-14,33H,9,15H2,1-3H3. The van der Waals surface area contributed by atoms with E-state index in [-0.39, 0.29) is 18.8 Å². The Balaban J connectivity index is 1.59. The van der Waals surface area contributed by atoms with Crippen molar-refractivity contribution in [1.82, 2.24) is 25.0 Å². The molecule has 3 heterocycles. The zero-order valence-electron chi connectivity index (χ0n) is 19.2. The lowest BCUT2D eigenvalue weighted by Gasteiger charge is -2.16. The average molecular weight is 453 g/mol. The number of benzene rings is 1. The minimum Gasteiger partial charge on any atom is -0.392 e. The first kappa shape index (κ1) is 23.0. The lowest BCUT2D eigenvalue weighted by molar-refractivity contribution is 0.0992. The van der Waals surface area contributed by atoms with Crippen molar-refractivity contribution in [3.05, 3.63) is 89.1 Å². The monoisotopic (exact) mass is 452 g/mol. The third-order valence-corrected chi connectivity index (χ3v) is 5.68. The van der Waals surface area contributed by atoms with Gasteiger partial charge in [-0.05, 0) is 55.7 Å².